The first-order chi connectivity index (χ1) is 13.4. The van der Waals surface area contributed by atoms with E-state index in [1.807, 2.05) is 0 Å². The van der Waals surface area contributed by atoms with E-state index in [-0.39, 0.29) is 24.2 Å². The van der Waals surface area contributed by atoms with Crippen LogP contribution in [0.4, 0.5) is 18.9 Å². The molecule has 4 nitrogen and oxygen atoms in total. The van der Waals surface area contributed by atoms with Gasteiger partial charge in [-0.15, -0.1) is 0 Å². The summed E-state index contributed by atoms with van der Waals surface area (Å²) in [5, 5.41) is 0. The Kier molecular flexibility index (Phi) is 5.56. The number of carbonyl (C=O) groups excluding carboxylic acids is 1. The molecule has 0 aromatic heterocycles. The van der Waals surface area contributed by atoms with Crippen LogP contribution in [-0.2, 0) is 22.1 Å². The largest absolute Gasteiger partial charge is 0.416 e. The highest BCUT2D eigenvalue weighted by Crippen LogP contribution is 2.39. The molecule has 152 valence electrons. The number of Topliss-reactive ketones (excluding diaryl/α,β-unsaturated/α-hetero) is 1. The van der Waals surface area contributed by atoms with Gasteiger partial charge < -0.3 is 4.74 Å². The lowest BCUT2D eigenvalue weighted by Gasteiger charge is -2.31. The molecule has 0 radical (unpaired) electrons. The molecule has 2 saturated heterocycles. The van der Waals surface area contributed by atoms with Gasteiger partial charge in [0, 0.05) is 50.8 Å². The average Bonchev–Trinajstić information content (AvgIpc) is 3.27. The van der Waals surface area contributed by atoms with E-state index in [0.29, 0.717) is 29.8 Å². The summed E-state index contributed by atoms with van der Waals surface area (Å²) in [6, 6.07) is 4.61. The zero-order chi connectivity index (χ0) is 19.7. The first-order valence-corrected chi connectivity index (χ1v) is 9.99. The lowest BCUT2D eigenvalue weighted by Crippen LogP contribution is -2.38. The number of benzene rings is 1. The van der Waals surface area contributed by atoms with Crippen molar-refractivity contribution in [2.24, 2.45) is 10.9 Å². The Morgan fingerprint density at radius 3 is 2.75 bits per heavy atom. The first-order valence-electron chi connectivity index (χ1n) is 9.99. The standard InChI is InChI=1S/C21H25F3N2O2/c22-21(23,24)19-2-1-3-20-18(19)12-15(25-20)11-17(27)10-14-4-7-26(13-14)16-5-8-28-9-6-16/h1-3,14,16H,4-13H2/t14-/m0/s1. The van der Waals surface area contributed by atoms with Crippen molar-refractivity contribution in [1.29, 1.82) is 0 Å². The molecular weight excluding hydrogens is 369 g/mol. The fourth-order valence-corrected chi connectivity index (χ4v) is 4.68. The van der Waals surface area contributed by atoms with Crippen LogP contribution in [0.15, 0.2) is 23.2 Å². The molecule has 3 aliphatic heterocycles. The second-order valence-corrected chi connectivity index (χ2v) is 8.07. The molecule has 0 amide bonds. The zero-order valence-corrected chi connectivity index (χ0v) is 15.8. The Labute approximate surface area is 162 Å². The molecule has 2 fully saturated rings. The Bertz CT molecular complexity index is 769. The van der Waals surface area contributed by atoms with E-state index >= 15 is 0 Å². The van der Waals surface area contributed by atoms with Crippen LogP contribution < -0.4 is 0 Å². The summed E-state index contributed by atoms with van der Waals surface area (Å²) in [6.07, 6.45) is -0.517. The molecule has 0 unspecified atom stereocenters. The number of nitrogens with zero attached hydrogens (tertiary/aromatic N) is 2. The van der Waals surface area contributed by atoms with Crippen molar-refractivity contribution in [3.8, 4) is 0 Å². The van der Waals surface area contributed by atoms with E-state index in [2.05, 4.69) is 9.89 Å². The summed E-state index contributed by atoms with van der Waals surface area (Å²) in [7, 11) is 0. The number of rotatable bonds is 5. The zero-order valence-electron chi connectivity index (χ0n) is 15.8. The van der Waals surface area contributed by atoms with E-state index in [0.717, 1.165) is 51.6 Å². The summed E-state index contributed by atoms with van der Waals surface area (Å²) >= 11 is 0. The number of carbonyl (C=O) groups is 1. The Balaban J connectivity index is 1.30. The summed E-state index contributed by atoms with van der Waals surface area (Å²) < 4.78 is 44.9. The number of hydrogen-bond acceptors (Lipinski definition) is 4. The molecule has 28 heavy (non-hydrogen) atoms. The van der Waals surface area contributed by atoms with Crippen molar-refractivity contribution in [3.63, 3.8) is 0 Å². The number of ketones is 1. The van der Waals surface area contributed by atoms with Crippen molar-refractivity contribution in [2.75, 3.05) is 26.3 Å². The molecule has 0 saturated carbocycles. The topological polar surface area (TPSA) is 41.9 Å². The molecule has 0 aliphatic carbocycles. The van der Waals surface area contributed by atoms with Crippen molar-refractivity contribution in [1.82, 2.24) is 4.90 Å². The van der Waals surface area contributed by atoms with Gasteiger partial charge in [-0.3, -0.25) is 14.7 Å². The second-order valence-electron chi connectivity index (χ2n) is 8.07. The van der Waals surface area contributed by atoms with Crippen LogP contribution in [0.5, 0.6) is 0 Å². The van der Waals surface area contributed by atoms with Crippen molar-refractivity contribution < 1.29 is 22.7 Å². The van der Waals surface area contributed by atoms with E-state index in [1.165, 1.54) is 6.07 Å². The number of halogens is 3. The highest BCUT2D eigenvalue weighted by molar-refractivity contribution is 6.06. The fraction of sp³-hybridized carbons (Fsp3) is 0.619. The molecule has 4 rings (SSSR count). The SMILES string of the molecule is O=C(CC1=Nc2cccc(C(F)(F)F)c2C1)C[C@@H]1CCN(C2CCOCC2)C1. The van der Waals surface area contributed by atoms with Crippen LogP contribution in [0.25, 0.3) is 0 Å². The summed E-state index contributed by atoms with van der Waals surface area (Å²) in [4.78, 5) is 19.3. The molecule has 0 spiro atoms. The highest BCUT2D eigenvalue weighted by Gasteiger charge is 2.36. The lowest BCUT2D eigenvalue weighted by molar-refractivity contribution is -0.138. The third-order valence-corrected chi connectivity index (χ3v) is 6.06. The van der Waals surface area contributed by atoms with Crippen LogP contribution in [-0.4, -0.2) is 48.7 Å². The minimum absolute atomic E-state index is 0.0824. The summed E-state index contributed by atoms with van der Waals surface area (Å²) in [5.74, 6) is 0.421. The second kappa shape index (κ2) is 7.95. The smallest absolute Gasteiger partial charge is 0.381 e. The average molecular weight is 394 g/mol. The molecule has 0 N–H and O–H groups in total. The molecule has 3 aliphatic rings. The van der Waals surface area contributed by atoms with Crippen LogP contribution in [0.3, 0.4) is 0 Å². The Morgan fingerprint density at radius 1 is 1.21 bits per heavy atom. The molecule has 3 heterocycles. The predicted octanol–water partition coefficient (Wildman–Crippen LogP) is 4.18. The van der Waals surface area contributed by atoms with Gasteiger partial charge in [-0.2, -0.15) is 13.2 Å². The third kappa shape index (κ3) is 4.30. The van der Waals surface area contributed by atoms with Gasteiger partial charge in [0.15, 0.2) is 0 Å². The Morgan fingerprint density at radius 2 is 2.00 bits per heavy atom. The number of hydrogen-bond donors (Lipinski definition) is 0. The molecule has 7 heteroatoms. The fourth-order valence-electron chi connectivity index (χ4n) is 4.68. The van der Waals surface area contributed by atoms with Gasteiger partial charge >= 0.3 is 6.18 Å². The number of fused-ring (bicyclic) bond motifs is 1. The minimum Gasteiger partial charge on any atom is -0.381 e. The van der Waals surface area contributed by atoms with Gasteiger partial charge in [-0.25, -0.2) is 0 Å². The monoisotopic (exact) mass is 394 g/mol. The molecule has 0 bridgehead atoms. The van der Waals surface area contributed by atoms with Crippen molar-refractivity contribution in [2.45, 2.75) is 50.7 Å². The molecular formula is C21H25F3N2O2. The summed E-state index contributed by atoms with van der Waals surface area (Å²) in [6.45, 7) is 3.57. The van der Waals surface area contributed by atoms with Crippen molar-refractivity contribution in [3.05, 3.63) is 29.3 Å². The summed E-state index contributed by atoms with van der Waals surface area (Å²) in [5.41, 5.74) is 0.462. The van der Waals surface area contributed by atoms with E-state index in [9.17, 15) is 18.0 Å². The highest BCUT2D eigenvalue weighted by atomic mass is 19.4. The normalized spacial score (nSPS) is 23.7. The van der Waals surface area contributed by atoms with E-state index in [4.69, 9.17) is 4.74 Å². The van der Waals surface area contributed by atoms with Gasteiger partial charge in [-0.05, 0) is 49.4 Å². The maximum absolute atomic E-state index is 13.2. The van der Waals surface area contributed by atoms with Crippen LogP contribution in [0, 0.1) is 5.92 Å². The van der Waals surface area contributed by atoms with Crippen LogP contribution in [0.1, 0.15) is 43.2 Å². The van der Waals surface area contributed by atoms with Crippen LogP contribution in [0.2, 0.25) is 0 Å². The van der Waals surface area contributed by atoms with Gasteiger partial charge in [0.1, 0.15) is 5.78 Å². The van der Waals surface area contributed by atoms with E-state index in [1.54, 1.807) is 6.07 Å². The number of aliphatic imine (C=N–C) groups is 1. The molecule has 1 atom stereocenters. The maximum Gasteiger partial charge on any atom is 0.416 e. The number of likely N-dealkylation sites (tertiary alicyclic amines) is 1. The van der Waals surface area contributed by atoms with Crippen LogP contribution >= 0.6 is 0 Å². The molecule has 1 aromatic carbocycles. The van der Waals surface area contributed by atoms with Crippen molar-refractivity contribution >= 4 is 17.2 Å². The van der Waals surface area contributed by atoms with Gasteiger partial charge in [-0.1, -0.05) is 6.07 Å². The third-order valence-electron chi connectivity index (χ3n) is 6.06. The predicted molar refractivity (Wildman–Crippen MR) is 100 cm³/mol. The number of alkyl halides is 3. The lowest BCUT2D eigenvalue weighted by atomic mass is 9.96. The Hall–Kier alpha value is -1.73. The molecule has 1 aromatic rings. The van der Waals surface area contributed by atoms with Gasteiger partial charge in [0.25, 0.3) is 0 Å². The quantitative estimate of drug-likeness (QED) is 0.752. The first kappa shape index (κ1) is 19.6. The maximum atomic E-state index is 13.2. The van der Waals surface area contributed by atoms with E-state index < -0.39 is 11.7 Å². The van der Waals surface area contributed by atoms with Gasteiger partial charge in [0.05, 0.1) is 11.3 Å². The minimum atomic E-state index is -4.39. The van der Waals surface area contributed by atoms with Gasteiger partial charge in [0.2, 0.25) is 0 Å². The number of ether oxygens (including phenoxy) is 1.